The van der Waals surface area contributed by atoms with E-state index in [9.17, 15) is 0 Å². The van der Waals surface area contributed by atoms with E-state index in [2.05, 4.69) is 28.8 Å². The number of hydrogen-bond acceptors (Lipinski definition) is 4. The zero-order chi connectivity index (χ0) is 18.2. The van der Waals surface area contributed by atoms with E-state index in [-0.39, 0.29) is 0 Å². The van der Waals surface area contributed by atoms with Crippen LogP contribution in [-0.4, -0.2) is 22.8 Å². The number of imidazole rings is 1. The number of ether oxygens (including phenoxy) is 2. The van der Waals surface area contributed by atoms with Gasteiger partial charge in [0.1, 0.15) is 19.0 Å². The van der Waals surface area contributed by atoms with Crippen LogP contribution in [0.25, 0.3) is 22.4 Å². The minimum absolute atomic E-state index is 0.564. The van der Waals surface area contributed by atoms with Crippen LogP contribution in [0.5, 0.6) is 11.5 Å². The van der Waals surface area contributed by atoms with E-state index >= 15 is 0 Å². The Bertz CT molecular complexity index is 1100. The van der Waals surface area contributed by atoms with Crippen LogP contribution in [0, 0.1) is 0 Å². The minimum Gasteiger partial charge on any atom is -0.486 e. The average molecular weight is 357 g/mol. The molecule has 0 aliphatic carbocycles. The molecule has 1 aliphatic rings. The van der Waals surface area contributed by atoms with Gasteiger partial charge in [-0.25, -0.2) is 4.98 Å². The van der Waals surface area contributed by atoms with Crippen molar-refractivity contribution in [2.75, 3.05) is 18.9 Å². The summed E-state index contributed by atoms with van der Waals surface area (Å²) >= 11 is 0. The van der Waals surface area contributed by atoms with Crippen LogP contribution in [0.4, 0.5) is 5.69 Å². The molecule has 0 atom stereocenters. The summed E-state index contributed by atoms with van der Waals surface area (Å²) in [6.45, 7) is 1.85. The lowest BCUT2D eigenvalue weighted by Gasteiger charge is -2.18. The summed E-state index contributed by atoms with van der Waals surface area (Å²) in [5, 5.41) is 0. The van der Waals surface area contributed by atoms with Crippen LogP contribution in [0.15, 0.2) is 66.7 Å². The van der Waals surface area contributed by atoms with Gasteiger partial charge in [-0.1, -0.05) is 30.3 Å². The largest absolute Gasteiger partial charge is 0.486 e. The van der Waals surface area contributed by atoms with Crippen LogP contribution in [0.3, 0.4) is 0 Å². The van der Waals surface area contributed by atoms with Crippen molar-refractivity contribution in [2.24, 2.45) is 0 Å². The lowest BCUT2D eigenvalue weighted by molar-refractivity contribution is 0.172. The molecule has 0 saturated carbocycles. The van der Waals surface area contributed by atoms with Gasteiger partial charge in [-0.3, -0.25) is 0 Å². The van der Waals surface area contributed by atoms with Crippen LogP contribution < -0.4 is 15.2 Å². The first kappa shape index (κ1) is 15.8. The first-order chi connectivity index (χ1) is 13.3. The van der Waals surface area contributed by atoms with Crippen LogP contribution in [0.1, 0.15) is 5.56 Å². The molecule has 0 amide bonds. The van der Waals surface area contributed by atoms with Gasteiger partial charge < -0.3 is 19.8 Å². The number of fused-ring (bicyclic) bond motifs is 2. The molecule has 0 radical (unpaired) electrons. The molecule has 0 bridgehead atoms. The van der Waals surface area contributed by atoms with Crippen molar-refractivity contribution in [2.45, 2.75) is 6.54 Å². The van der Waals surface area contributed by atoms with E-state index in [1.165, 1.54) is 5.56 Å². The molecule has 3 aromatic carbocycles. The number of anilines is 1. The smallest absolute Gasteiger partial charge is 0.163 e. The Labute approximate surface area is 157 Å². The molecule has 2 heterocycles. The number of hydrogen-bond donors (Lipinski definition) is 1. The second-order valence-corrected chi connectivity index (χ2v) is 6.61. The van der Waals surface area contributed by atoms with Crippen molar-refractivity contribution in [3.05, 3.63) is 72.3 Å². The molecule has 2 N–H and O–H groups in total. The number of benzene rings is 3. The summed E-state index contributed by atoms with van der Waals surface area (Å²) in [6, 6.07) is 22.2. The van der Waals surface area contributed by atoms with Crippen molar-refractivity contribution < 1.29 is 9.47 Å². The van der Waals surface area contributed by atoms with Gasteiger partial charge in [0.2, 0.25) is 0 Å². The Balaban J connectivity index is 1.71. The van der Waals surface area contributed by atoms with Gasteiger partial charge >= 0.3 is 0 Å². The fourth-order valence-corrected chi connectivity index (χ4v) is 3.44. The third-order valence-corrected chi connectivity index (χ3v) is 4.76. The molecule has 134 valence electrons. The summed E-state index contributed by atoms with van der Waals surface area (Å²) in [4.78, 5) is 4.90. The molecule has 0 unspecified atom stereocenters. The summed E-state index contributed by atoms with van der Waals surface area (Å²) in [7, 11) is 0. The SMILES string of the molecule is Nc1ccc(-c2nc3cc4c(cc3n2Cc2ccccc2)OCCO4)cc1. The normalized spacial score (nSPS) is 13.0. The number of rotatable bonds is 3. The second-order valence-electron chi connectivity index (χ2n) is 6.61. The highest BCUT2D eigenvalue weighted by molar-refractivity contribution is 5.84. The molecule has 1 aromatic heterocycles. The van der Waals surface area contributed by atoms with Gasteiger partial charge in [0, 0.05) is 29.9 Å². The van der Waals surface area contributed by atoms with Crippen molar-refractivity contribution in [3.63, 3.8) is 0 Å². The molecule has 0 spiro atoms. The third kappa shape index (κ3) is 2.87. The van der Waals surface area contributed by atoms with Gasteiger partial charge in [-0.15, -0.1) is 0 Å². The first-order valence-corrected chi connectivity index (χ1v) is 8.98. The van der Waals surface area contributed by atoms with Gasteiger partial charge in [-0.2, -0.15) is 0 Å². The number of nitrogen functional groups attached to an aromatic ring is 1. The van der Waals surface area contributed by atoms with Gasteiger partial charge in [0.25, 0.3) is 0 Å². The van der Waals surface area contributed by atoms with E-state index in [4.69, 9.17) is 20.2 Å². The number of nitrogens with two attached hydrogens (primary N) is 1. The first-order valence-electron chi connectivity index (χ1n) is 8.98. The molecule has 4 aromatic rings. The topological polar surface area (TPSA) is 62.3 Å². The molecule has 27 heavy (non-hydrogen) atoms. The van der Waals surface area contributed by atoms with Crippen molar-refractivity contribution in [3.8, 4) is 22.9 Å². The van der Waals surface area contributed by atoms with Crippen LogP contribution in [-0.2, 0) is 6.54 Å². The summed E-state index contributed by atoms with van der Waals surface area (Å²) in [6.07, 6.45) is 0. The summed E-state index contributed by atoms with van der Waals surface area (Å²) in [5.74, 6) is 2.42. The molecule has 1 aliphatic heterocycles. The zero-order valence-corrected chi connectivity index (χ0v) is 14.8. The maximum atomic E-state index is 5.86. The zero-order valence-electron chi connectivity index (χ0n) is 14.8. The highest BCUT2D eigenvalue weighted by Crippen LogP contribution is 2.36. The third-order valence-electron chi connectivity index (χ3n) is 4.76. The van der Waals surface area contributed by atoms with Gasteiger partial charge in [-0.05, 0) is 29.8 Å². The van der Waals surface area contributed by atoms with Crippen molar-refractivity contribution >= 4 is 16.7 Å². The summed E-state index contributed by atoms with van der Waals surface area (Å²) < 4.78 is 13.7. The Morgan fingerprint density at radius 2 is 1.59 bits per heavy atom. The van der Waals surface area contributed by atoms with Crippen molar-refractivity contribution in [1.82, 2.24) is 9.55 Å². The fraction of sp³-hybridized carbons (Fsp3) is 0.136. The van der Waals surface area contributed by atoms with E-state index in [0.717, 1.165) is 46.2 Å². The van der Waals surface area contributed by atoms with E-state index in [1.54, 1.807) is 0 Å². The molecule has 0 fully saturated rings. The fourth-order valence-electron chi connectivity index (χ4n) is 3.44. The van der Waals surface area contributed by atoms with Crippen molar-refractivity contribution in [1.29, 1.82) is 0 Å². The predicted octanol–water partition coefficient (Wildman–Crippen LogP) is 4.11. The monoisotopic (exact) mass is 357 g/mol. The highest BCUT2D eigenvalue weighted by atomic mass is 16.6. The van der Waals surface area contributed by atoms with Gasteiger partial charge in [0.15, 0.2) is 11.5 Å². The standard InChI is InChI=1S/C22H19N3O2/c23-17-8-6-16(7-9-17)22-24-18-12-20-21(27-11-10-26-20)13-19(18)25(22)14-15-4-2-1-3-5-15/h1-9,12-13H,10-11,14,23H2. The Morgan fingerprint density at radius 3 is 2.33 bits per heavy atom. The molecule has 0 saturated heterocycles. The predicted molar refractivity (Wildman–Crippen MR) is 106 cm³/mol. The molecule has 5 nitrogen and oxygen atoms in total. The molecule has 5 heteroatoms. The Hall–Kier alpha value is -3.47. The highest BCUT2D eigenvalue weighted by Gasteiger charge is 2.19. The Morgan fingerprint density at radius 1 is 0.889 bits per heavy atom. The van der Waals surface area contributed by atoms with E-state index < -0.39 is 0 Å². The minimum atomic E-state index is 0.564. The molecular formula is C22H19N3O2. The van der Waals surface area contributed by atoms with Crippen LogP contribution in [0.2, 0.25) is 0 Å². The van der Waals surface area contributed by atoms with E-state index in [0.29, 0.717) is 13.2 Å². The number of aromatic nitrogens is 2. The second kappa shape index (κ2) is 6.36. The maximum absolute atomic E-state index is 5.86. The average Bonchev–Trinajstić information content (AvgIpc) is 3.05. The van der Waals surface area contributed by atoms with E-state index in [1.807, 2.05) is 42.5 Å². The summed E-state index contributed by atoms with van der Waals surface area (Å²) in [5.41, 5.74) is 10.8. The quantitative estimate of drug-likeness (QED) is 0.561. The number of nitrogens with zero attached hydrogens (tertiary/aromatic N) is 2. The molecule has 5 rings (SSSR count). The lowest BCUT2D eigenvalue weighted by Crippen LogP contribution is -2.15. The lowest BCUT2D eigenvalue weighted by atomic mass is 10.1. The van der Waals surface area contributed by atoms with Crippen LogP contribution >= 0.6 is 0 Å². The maximum Gasteiger partial charge on any atom is 0.163 e. The molecular weight excluding hydrogens is 338 g/mol. The van der Waals surface area contributed by atoms with Gasteiger partial charge in [0.05, 0.1) is 11.0 Å². The Kier molecular flexibility index (Phi) is 3.71.